The number of hydrogen-bond acceptors (Lipinski definition) is 5. The van der Waals surface area contributed by atoms with Crippen molar-refractivity contribution in [3.05, 3.63) is 72.4 Å². The maximum atomic E-state index is 6.50. The van der Waals surface area contributed by atoms with Gasteiger partial charge in [-0.1, -0.05) is 42.4 Å². The minimum atomic E-state index is -0.121. The molecule has 155 valence electrons. The van der Waals surface area contributed by atoms with Crippen molar-refractivity contribution in [2.45, 2.75) is 44.6 Å². The van der Waals surface area contributed by atoms with Crippen molar-refractivity contribution >= 4 is 5.69 Å². The van der Waals surface area contributed by atoms with Crippen LogP contribution < -0.4 is 5.32 Å². The summed E-state index contributed by atoms with van der Waals surface area (Å²) in [7, 11) is 0. The van der Waals surface area contributed by atoms with E-state index in [4.69, 9.17) is 9.26 Å². The van der Waals surface area contributed by atoms with E-state index >= 15 is 0 Å². The second-order valence-electron chi connectivity index (χ2n) is 8.79. The van der Waals surface area contributed by atoms with Crippen molar-refractivity contribution in [1.82, 2.24) is 10.1 Å². The van der Waals surface area contributed by atoms with Crippen LogP contribution in [0.1, 0.15) is 49.6 Å². The molecular formula is C25H28N3O2. The molecule has 3 aliphatic rings. The van der Waals surface area contributed by atoms with Crippen molar-refractivity contribution < 1.29 is 9.26 Å². The van der Waals surface area contributed by atoms with Crippen LogP contribution in [0.3, 0.4) is 0 Å². The Labute approximate surface area is 177 Å². The maximum Gasteiger partial charge on any atom is 0.257 e. The van der Waals surface area contributed by atoms with Crippen LogP contribution in [-0.2, 0) is 16.8 Å². The highest BCUT2D eigenvalue weighted by Crippen LogP contribution is 2.53. The van der Waals surface area contributed by atoms with E-state index in [9.17, 15) is 0 Å². The zero-order valence-corrected chi connectivity index (χ0v) is 17.5. The van der Waals surface area contributed by atoms with Crippen LogP contribution >= 0.6 is 0 Å². The van der Waals surface area contributed by atoms with E-state index in [0.29, 0.717) is 5.89 Å². The zero-order chi connectivity index (χ0) is 20.6. The van der Waals surface area contributed by atoms with E-state index in [-0.39, 0.29) is 11.0 Å². The summed E-state index contributed by atoms with van der Waals surface area (Å²) in [6, 6.07) is 16.7. The number of fused-ring (bicyclic) bond motifs is 3. The lowest BCUT2D eigenvalue weighted by molar-refractivity contribution is -0.185. The summed E-state index contributed by atoms with van der Waals surface area (Å²) in [6.45, 7) is 7.81. The van der Waals surface area contributed by atoms with E-state index in [0.717, 1.165) is 55.1 Å². The van der Waals surface area contributed by atoms with Crippen molar-refractivity contribution in [2.75, 3.05) is 18.5 Å². The van der Waals surface area contributed by atoms with Crippen LogP contribution in [-0.4, -0.2) is 23.3 Å². The molecule has 3 aromatic rings. The van der Waals surface area contributed by atoms with E-state index in [1.54, 1.807) is 0 Å². The van der Waals surface area contributed by atoms with Crippen molar-refractivity contribution in [1.29, 1.82) is 0 Å². The molecule has 2 aromatic carbocycles. The summed E-state index contributed by atoms with van der Waals surface area (Å²) in [5.41, 5.74) is 4.44. The average molecular weight is 403 g/mol. The van der Waals surface area contributed by atoms with E-state index < -0.39 is 0 Å². The standard InChI is InChI=1S/C25H28N3O2/c1-3-22-27-23(30-28-22)19-7-5-9-21(15-19)26-16-24-10-12-25(13-11-24,29-17-24)20-8-4-6-18(2)14-20/h4-9,14-15,26H,2-3,10-13,16-17H2,1H3. The lowest BCUT2D eigenvalue weighted by Gasteiger charge is -2.53. The molecule has 1 radical (unpaired) electrons. The molecule has 1 aliphatic carbocycles. The van der Waals surface area contributed by atoms with Gasteiger partial charge >= 0.3 is 0 Å². The topological polar surface area (TPSA) is 60.2 Å². The van der Waals surface area contributed by atoms with Gasteiger partial charge in [0.15, 0.2) is 5.82 Å². The van der Waals surface area contributed by atoms with Crippen molar-refractivity contribution in [3.63, 3.8) is 0 Å². The molecule has 30 heavy (non-hydrogen) atoms. The summed E-state index contributed by atoms with van der Waals surface area (Å²) in [5, 5.41) is 7.64. The van der Waals surface area contributed by atoms with Gasteiger partial charge < -0.3 is 14.6 Å². The maximum absolute atomic E-state index is 6.50. The molecule has 1 aromatic heterocycles. The Morgan fingerprint density at radius 2 is 1.90 bits per heavy atom. The fourth-order valence-electron chi connectivity index (χ4n) is 4.79. The molecule has 2 bridgehead atoms. The van der Waals surface area contributed by atoms with Crippen LogP contribution in [0.25, 0.3) is 11.5 Å². The number of ether oxygens (including phenoxy) is 1. The molecule has 1 saturated carbocycles. The molecular weight excluding hydrogens is 374 g/mol. The Hall–Kier alpha value is -2.66. The SMILES string of the molecule is [CH2]c1cccc(C23CCC(CNc4cccc(-c5nc(CC)no5)c4)(CC2)CO3)c1. The third-order valence-electron chi connectivity index (χ3n) is 6.79. The van der Waals surface area contributed by atoms with Gasteiger partial charge in [-0.3, -0.25) is 0 Å². The highest BCUT2D eigenvalue weighted by molar-refractivity contribution is 5.61. The normalized spacial score (nSPS) is 25.4. The lowest BCUT2D eigenvalue weighted by Crippen LogP contribution is -2.51. The second kappa shape index (κ2) is 7.55. The first-order valence-electron chi connectivity index (χ1n) is 10.8. The summed E-state index contributed by atoms with van der Waals surface area (Å²) in [4.78, 5) is 4.44. The monoisotopic (exact) mass is 402 g/mol. The molecule has 5 heteroatoms. The molecule has 3 heterocycles. The molecule has 0 atom stereocenters. The molecule has 2 saturated heterocycles. The first-order chi connectivity index (χ1) is 14.6. The number of anilines is 1. The van der Waals surface area contributed by atoms with Crippen LogP contribution in [0.4, 0.5) is 5.69 Å². The fourth-order valence-corrected chi connectivity index (χ4v) is 4.79. The van der Waals surface area contributed by atoms with Crippen LogP contribution in [0, 0.1) is 12.3 Å². The Bertz CT molecular complexity index is 1020. The minimum Gasteiger partial charge on any atom is -0.384 e. The van der Waals surface area contributed by atoms with Gasteiger partial charge in [0.2, 0.25) is 0 Å². The molecule has 1 N–H and O–H groups in total. The van der Waals surface area contributed by atoms with Crippen LogP contribution in [0.5, 0.6) is 0 Å². The minimum absolute atomic E-state index is 0.121. The Balaban J connectivity index is 1.26. The number of hydrogen-bond donors (Lipinski definition) is 1. The van der Waals surface area contributed by atoms with Gasteiger partial charge in [-0.2, -0.15) is 4.98 Å². The number of nitrogens with zero attached hydrogens (tertiary/aromatic N) is 2. The molecule has 0 unspecified atom stereocenters. The number of aromatic nitrogens is 2. The number of rotatable bonds is 6. The molecule has 0 spiro atoms. The van der Waals surface area contributed by atoms with Gasteiger partial charge in [-0.25, -0.2) is 0 Å². The summed E-state index contributed by atoms with van der Waals surface area (Å²) >= 11 is 0. The highest BCUT2D eigenvalue weighted by atomic mass is 16.5. The first-order valence-corrected chi connectivity index (χ1v) is 10.8. The first kappa shape index (κ1) is 19.3. The highest BCUT2D eigenvalue weighted by Gasteiger charge is 2.50. The largest absolute Gasteiger partial charge is 0.384 e. The zero-order valence-electron chi connectivity index (χ0n) is 17.5. The molecule has 6 rings (SSSR count). The van der Waals surface area contributed by atoms with Gasteiger partial charge in [0.25, 0.3) is 5.89 Å². The lowest BCUT2D eigenvalue weighted by atomic mass is 9.64. The Morgan fingerprint density at radius 1 is 1.07 bits per heavy atom. The van der Waals surface area contributed by atoms with E-state index in [1.807, 2.05) is 25.1 Å². The van der Waals surface area contributed by atoms with Gasteiger partial charge in [-0.15, -0.1) is 0 Å². The number of nitrogens with one attached hydrogen (secondary N) is 1. The number of aryl methyl sites for hydroxylation is 1. The molecule has 0 amide bonds. The van der Waals surface area contributed by atoms with E-state index in [1.165, 1.54) is 18.4 Å². The van der Waals surface area contributed by atoms with Gasteiger partial charge in [0, 0.05) is 29.6 Å². The van der Waals surface area contributed by atoms with Gasteiger partial charge in [0.1, 0.15) is 0 Å². The van der Waals surface area contributed by atoms with Gasteiger partial charge in [0.05, 0.1) is 12.2 Å². The third-order valence-corrected chi connectivity index (χ3v) is 6.79. The Kier molecular flexibility index (Phi) is 4.86. The molecule has 5 nitrogen and oxygen atoms in total. The molecule has 3 fully saturated rings. The second-order valence-corrected chi connectivity index (χ2v) is 8.79. The summed E-state index contributed by atoms with van der Waals surface area (Å²) < 4.78 is 11.9. The Morgan fingerprint density at radius 3 is 2.60 bits per heavy atom. The molecule has 2 aliphatic heterocycles. The van der Waals surface area contributed by atoms with Crippen LogP contribution in [0.2, 0.25) is 0 Å². The summed E-state index contributed by atoms with van der Waals surface area (Å²) in [5.74, 6) is 1.31. The van der Waals surface area contributed by atoms with Crippen molar-refractivity contribution in [2.24, 2.45) is 5.41 Å². The summed E-state index contributed by atoms with van der Waals surface area (Å²) in [6.07, 6.45) is 5.25. The quantitative estimate of drug-likeness (QED) is 0.600. The van der Waals surface area contributed by atoms with Crippen molar-refractivity contribution in [3.8, 4) is 11.5 Å². The smallest absolute Gasteiger partial charge is 0.257 e. The predicted octanol–water partition coefficient (Wildman–Crippen LogP) is 5.38. The fraction of sp³-hybridized carbons (Fsp3) is 0.400. The van der Waals surface area contributed by atoms with Crippen LogP contribution in [0.15, 0.2) is 53.1 Å². The van der Waals surface area contributed by atoms with Gasteiger partial charge in [-0.05, 0) is 61.9 Å². The number of benzene rings is 2. The third kappa shape index (κ3) is 3.52. The average Bonchev–Trinajstić information content (AvgIpc) is 3.29. The van der Waals surface area contributed by atoms with E-state index in [2.05, 4.69) is 52.7 Å². The predicted molar refractivity (Wildman–Crippen MR) is 117 cm³/mol.